The zero-order valence-electron chi connectivity index (χ0n) is 16.4. The molecule has 1 fully saturated rings. The first-order valence-corrected chi connectivity index (χ1v) is 10.3. The molecule has 0 atom stereocenters. The van der Waals surface area contributed by atoms with Crippen molar-refractivity contribution in [1.82, 2.24) is 4.90 Å². The number of amides is 2. The normalized spacial score (nSPS) is 15.3. The van der Waals surface area contributed by atoms with Crippen LogP contribution in [0.2, 0.25) is 0 Å². The first kappa shape index (κ1) is 21.3. The fourth-order valence-corrected chi connectivity index (χ4v) is 3.53. The van der Waals surface area contributed by atoms with E-state index in [0.717, 1.165) is 4.90 Å². The van der Waals surface area contributed by atoms with E-state index in [1.807, 2.05) is 51.3 Å². The Morgan fingerprint density at radius 1 is 1.19 bits per heavy atom. The van der Waals surface area contributed by atoms with Crippen molar-refractivity contribution in [1.29, 1.82) is 0 Å². The van der Waals surface area contributed by atoms with Gasteiger partial charge in [0.15, 0.2) is 6.61 Å². The van der Waals surface area contributed by atoms with Gasteiger partial charge in [-0.05, 0) is 31.2 Å². The van der Waals surface area contributed by atoms with Crippen LogP contribution in [0.1, 0.15) is 33.6 Å². The predicted molar refractivity (Wildman–Crippen MR) is 107 cm³/mol. The van der Waals surface area contributed by atoms with Crippen molar-refractivity contribution >= 4 is 35.2 Å². The van der Waals surface area contributed by atoms with E-state index in [1.165, 1.54) is 11.8 Å². The van der Waals surface area contributed by atoms with Gasteiger partial charge in [0.05, 0.1) is 11.6 Å². The molecule has 0 aromatic heterocycles. The number of carbonyl (C=O) groups excluding carboxylic acids is 3. The lowest BCUT2D eigenvalue weighted by atomic mass is 9.91. The number of nitrogens with one attached hydrogen (secondary N) is 1. The van der Waals surface area contributed by atoms with Crippen LogP contribution in [0, 0.1) is 11.3 Å². The number of benzene rings is 1. The molecule has 1 aliphatic heterocycles. The van der Waals surface area contributed by atoms with E-state index in [2.05, 4.69) is 5.32 Å². The number of para-hydroxylation sites is 1. The molecular weight excluding hydrogens is 364 g/mol. The summed E-state index contributed by atoms with van der Waals surface area (Å²) in [6, 6.07) is 7.47. The molecule has 1 heterocycles. The first-order valence-electron chi connectivity index (χ1n) is 9.11. The zero-order chi connectivity index (χ0) is 20.0. The molecular formula is C20H28N2O4S. The summed E-state index contributed by atoms with van der Waals surface area (Å²) in [4.78, 5) is 39.4. The maximum atomic E-state index is 12.3. The van der Waals surface area contributed by atoms with Crippen molar-refractivity contribution in [2.75, 3.05) is 31.3 Å². The van der Waals surface area contributed by atoms with Crippen LogP contribution >= 0.6 is 11.8 Å². The highest BCUT2D eigenvalue weighted by Gasteiger charge is 2.33. The summed E-state index contributed by atoms with van der Waals surface area (Å²) in [6.45, 7) is 6.46. The van der Waals surface area contributed by atoms with Gasteiger partial charge in [0.1, 0.15) is 0 Å². The van der Waals surface area contributed by atoms with Crippen LogP contribution in [0.25, 0.3) is 0 Å². The summed E-state index contributed by atoms with van der Waals surface area (Å²) in [5.74, 6) is -0.891. The molecule has 1 N–H and O–H groups in total. The maximum Gasteiger partial charge on any atom is 0.309 e. The Labute approximate surface area is 165 Å². The molecule has 27 heavy (non-hydrogen) atoms. The van der Waals surface area contributed by atoms with Gasteiger partial charge in [0, 0.05) is 23.4 Å². The predicted octanol–water partition coefficient (Wildman–Crippen LogP) is 3.17. The Morgan fingerprint density at radius 2 is 1.81 bits per heavy atom. The van der Waals surface area contributed by atoms with Gasteiger partial charge in [0.25, 0.3) is 5.91 Å². The van der Waals surface area contributed by atoms with Gasteiger partial charge in [-0.15, -0.1) is 11.8 Å². The number of ether oxygens (including phenoxy) is 1. The smallest absolute Gasteiger partial charge is 0.309 e. The van der Waals surface area contributed by atoms with Crippen LogP contribution < -0.4 is 5.32 Å². The molecule has 1 aliphatic rings. The third kappa shape index (κ3) is 5.99. The highest BCUT2D eigenvalue weighted by atomic mass is 32.2. The van der Waals surface area contributed by atoms with E-state index >= 15 is 0 Å². The second kappa shape index (κ2) is 9.26. The van der Waals surface area contributed by atoms with Gasteiger partial charge in [-0.1, -0.05) is 32.9 Å². The Bertz CT molecular complexity index is 691. The molecule has 6 nitrogen and oxygen atoms in total. The Balaban J connectivity index is 1.78. The van der Waals surface area contributed by atoms with Crippen molar-refractivity contribution in [2.24, 2.45) is 11.3 Å². The average molecular weight is 393 g/mol. The lowest BCUT2D eigenvalue weighted by molar-refractivity contribution is -0.155. The molecule has 0 spiro atoms. The minimum Gasteiger partial charge on any atom is -0.455 e. The van der Waals surface area contributed by atoms with E-state index in [0.29, 0.717) is 31.6 Å². The van der Waals surface area contributed by atoms with Crippen molar-refractivity contribution in [3.8, 4) is 0 Å². The Kier molecular flexibility index (Phi) is 7.30. The Hall–Kier alpha value is -2.02. The van der Waals surface area contributed by atoms with Gasteiger partial charge < -0.3 is 15.0 Å². The van der Waals surface area contributed by atoms with Crippen molar-refractivity contribution in [2.45, 2.75) is 38.5 Å². The number of likely N-dealkylation sites (tertiary alicyclic amines) is 1. The van der Waals surface area contributed by atoms with E-state index in [1.54, 1.807) is 4.90 Å². The molecule has 1 saturated heterocycles. The molecule has 1 aromatic carbocycles. The second-order valence-corrected chi connectivity index (χ2v) is 8.52. The standard InChI is InChI=1S/C20H28N2O4S/c1-20(2,3)19(25)22-11-9-14(10-12-22)18(24)26-13-17(23)21-15-7-5-6-8-16(15)27-4/h5-8,14H,9-13H2,1-4H3,(H,21,23). The fraction of sp³-hybridized carbons (Fsp3) is 0.550. The quantitative estimate of drug-likeness (QED) is 0.615. The van der Waals surface area contributed by atoms with Crippen LogP contribution in [0.5, 0.6) is 0 Å². The number of hydrogen-bond acceptors (Lipinski definition) is 5. The summed E-state index contributed by atoms with van der Waals surface area (Å²) in [6.07, 6.45) is 3.07. The molecule has 0 radical (unpaired) electrons. The summed E-state index contributed by atoms with van der Waals surface area (Å²) < 4.78 is 5.19. The van der Waals surface area contributed by atoms with Crippen LogP contribution in [0.3, 0.4) is 0 Å². The molecule has 1 aromatic rings. The third-order valence-electron chi connectivity index (χ3n) is 4.48. The van der Waals surface area contributed by atoms with Crippen molar-refractivity contribution < 1.29 is 19.1 Å². The molecule has 0 unspecified atom stereocenters. The second-order valence-electron chi connectivity index (χ2n) is 7.67. The number of esters is 1. The maximum absolute atomic E-state index is 12.3. The molecule has 2 amide bonds. The van der Waals surface area contributed by atoms with E-state index < -0.39 is 5.41 Å². The largest absolute Gasteiger partial charge is 0.455 e. The molecule has 0 bridgehead atoms. The summed E-state index contributed by atoms with van der Waals surface area (Å²) in [5, 5.41) is 2.77. The van der Waals surface area contributed by atoms with Crippen LogP contribution in [0.4, 0.5) is 5.69 Å². The van der Waals surface area contributed by atoms with Crippen LogP contribution in [0.15, 0.2) is 29.2 Å². The van der Waals surface area contributed by atoms with E-state index in [9.17, 15) is 14.4 Å². The first-order chi connectivity index (χ1) is 12.7. The lowest BCUT2D eigenvalue weighted by Crippen LogP contribution is -2.45. The monoisotopic (exact) mass is 392 g/mol. The SMILES string of the molecule is CSc1ccccc1NC(=O)COC(=O)C1CCN(C(=O)C(C)(C)C)CC1. The van der Waals surface area contributed by atoms with Crippen LogP contribution in [-0.4, -0.2) is 48.6 Å². The average Bonchev–Trinajstić information content (AvgIpc) is 2.65. The number of piperidine rings is 1. The van der Waals surface area contributed by atoms with Crippen molar-refractivity contribution in [3.63, 3.8) is 0 Å². The van der Waals surface area contributed by atoms with Gasteiger partial charge in [-0.3, -0.25) is 14.4 Å². The van der Waals surface area contributed by atoms with Crippen molar-refractivity contribution in [3.05, 3.63) is 24.3 Å². The number of anilines is 1. The highest BCUT2D eigenvalue weighted by molar-refractivity contribution is 7.98. The Morgan fingerprint density at radius 3 is 2.41 bits per heavy atom. The molecule has 148 valence electrons. The molecule has 2 rings (SSSR count). The number of carbonyl (C=O) groups is 3. The van der Waals surface area contributed by atoms with E-state index in [4.69, 9.17) is 4.74 Å². The minimum absolute atomic E-state index is 0.0983. The zero-order valence-corrected chi connectivity index (χ0v) is 17.2. The highest BCUT2D eigenvalue weighted by Crippen LogP contribution is 2.25. The molecule has 7 heteroatoms. The van der Waals surface area contributed by atoms with Gasteiger partial charge in [0.2, 0.25) is 5.91 Å². The number of thioether (sulfide) groups is 1. The third-order valence-corrected chi connectivity index (χ3v) is 5.28. The van der Waals surface area contributed by atoms with E-state index in [-0.39, 0.29) is 30.3 Å². The van der Waals surface area contributed by atoms with Gasteiger partial charge in [-0.2, -0.15) is 0 Å². The topological polar surface area (TPSA) is 75.7 Å². The summed E-state index contributed by atoms with van der Waals surface area (Å²) in [7, 11) is 0. The number of nitrogens with zero attached hydrogens (tertiary/aromatic N) is 1. The van der Waals surface area contributed by atoms with Crippen LogP contribution in [-0.2, 0) is 19.1 Å². The minimum atomic E-state index is -0.418. The number of rotatable bonds is 5. The lowest BCUT2D eigenvalue weighted by Gasteiger charge is -2.34. The molecule has 0 aliphatic carbocycles. The fourth-order valence-electron chi connectivity index (χ4n) is 2.98. The summed E-state index contributed by atoms with van der Waals surface area (Å²) in [5.41, 5.74) is 0.290. The summed E-state index contributed by atoms with van der Waals surface area (Å²) >= 11 is 1.53. The van der Waals surface area contributed by atoms with Gasteiger partial charge in [-0.25, -0.2) is 0 Å². The van der Waals surface area contributed by atoms with Gasteiger partial charge >= 0.3 is 5.97 Å². The number of hydrogen-bond donors (Lipinski definition) is 1. The molecule has 0 saturated carbocycles.